The summed E-state index contributed by atoms with van der Waals surface area (Å²) in [7, 11) is 0. The molecular weight excluding hydrogens is 301 g/mol. The Kier molecular flexibility index (Phi) is 4.90. The van der Waals surface area contributed by atoms with Gasteiger partial charge in [-0.15, -0.1) is 0 Å². The van der Waals surface area contributed by atoms with E-state index in [2.05, 4.69) is 9.72 Å². The number of likely N-dealkylation sites (tertiary alicyclic amines) is 1. The van der Waals surface area contributed by atoms with E-state index in [4.69, 9.17) is 0 Å². The highest BCUT2D eigenvalue weighted by molar-refractivity contribution is 5.95. The number of carbonyl (C=O) groups is 1. The first kappa shape index (κ1) is 16.5. The van der Waals surface area contributed by atoms with Crippen LogP contribution in [0.1, 0.15) is 23.8 Å². The van der Waals surface area contributed by atoms with Crippen molar-refractivity contribution in [3.63, 3.8) is 0 Å². The Balaban J connectivity index is 2.12. The molecule has 1 fully saturated rings. The second kappa shape index (κ2) is 6.51. The molecule has 1 saturated heterocycles. The van der Waals surface area contributed by atoms with Crippen molar-refractivity contribution in [2.45, 2.75) is 25.6 Å². The number of amides is 1. The molecule has 2 rings (SSSR count). The van der Waals surface area contributed by atoms with Crippen molar-refractivity contribution in [2.75, 3.05) is 19.7 Å². The van der Waals surface area contributed by atoms with Crippen molar-refractivity contribution >= 4 is 5.91 Å². The van der Waals surface area contributed by atoms with Crippen LogP contribution in [-0.2, 0) is 0 Å². The molecule has 1 aliphatic rings. The highest BCUT2D eigenvalue weighted by Gasteiger charge is 2.32. The lowest BCUT2D eigenvalue weighted by atomic mass is 9.96. The summed E-state index contributed by atoms with van der Waals surface area (Å²) >= 11 is 0. The maximum Gasteiger partial charge on any atom is 0.422 e. The maximum absolute atomic E-state index is 12.4. The molecule has 0 bridgehead atoms. The van der Waals surface area contributed by atoms with Gasteiger partial charge >= 0.3 is 6.18 Å². The number of rotatable bonds is 3. The van der Waals surface area contributed by atoms with Gasteiger partial charge in [-0.2, -0.15) is 13.2 Å². The first-order chi connectivity index (χ1) is 10.3. The Labute approximate surface area is 125 Å². The van der Waals surface area contributed by atoms with E-state index in [1.807, 2.05) is 6.92 Å². The van der Waals surface area contributed by atoms with Crippen molar-refractivity contribution in [2.24, 2.45) is 5.92 Å². The molecule has 0 aliphatic carbocycles. The highest BCUT2D eigenvalue weighted by atomic mass is 19.4. The molecule has 1 aliphatic heterocycles. The molecule has 1 aromatic heterocycles. The average molecular weight is 318 g/mol. The minimum absolute atomic E-state index is 0.0775. The smallest absolute Gasteiger partial charge is 0.422 e. The molecule has 1 aromatic rings. The Hall–Kier alpha value is -1.83. The number of aromatic nitrogens is 1. The SMILES string of the molecule is CC1CCN(C(=O)c2ncccc2OCC(F)(F)F)CC1O. The van der Waals surface area contributed by atoms with Crippen LogP contribution in [0.3, 0.4) is 0 Å². The molecule has 22 heavy (non-hydrogen) atoms. The second-order valence-electron chi connectivity index (χ2n) is 5.34. The third kappa shape index (κ3) is 4.09. The third-order valence-electron chi connectivity index (χ3n) is 3.57. The summed E-state index contributed by atoms with van der Waals surface area (Å²) in [6, 6.07) is 2.67. The van der Waals surface area contributed by atoms with Crippen LogP contribution >= 0.6 is 0 Å². The number of β-amino-alcohol motifs (C(OH)–C–C–N with tert-alkyl or cyclic N) is 1. The van der Waals surface area contributed by atoms with E-state index < -0.39 is 24.8 Å². The number of aliphatic hydroxyl groups excluding tert-OH is 1. The Morgan fingerprint density at radius 3 is 2.91 bits per heavy atom. The topological polar surface area (TPSA) is 62.7 Å². The summed E-state index contributed by atoms with van der Waals surface area (Å²) in [5.41, 5.74) is -0.173. The number of pyridine rings is 1. The molecule has 2 heterocycles. The highest BCUT2D eigenvalue weighted by Crippen LogP contribution is 2.24. The van der Waals surface area contributed by atoms with E-state index in [9.17, 15) is 23.1 Å². The van der Waals surface area contributed by atoms with E-state index in [-0.39, 0.29) is 23.9 Å². The summed E-state index contributed by atoms with van der Waals surface area (Å²) in [6.07, 6.45) is -3.21. The number of nitrogens with zero attached hydrogens (tertiary/aromatic N) is 2. The minimum Gasteiger partial charge on any atom is -0.482 e. The fraction of sp³-hybridized carbons (Fsp3) is 0.571. The molecule has 8 heteroatoms. The van der Waals surface area contributed by atoms with Crippen molar-refractivity contribution in [3.05, 3.63) is 24.0 Å². The van der Waals surface area contributed by atoms with E-state index in [0.29, 0.717) is 13.0 Å². The van der Waals surface area contributed by atoms with Gasteiger partial charge in [0.15, 0.2) is 18.1 Å². The number of piperidine rings is 1. The molecule has 2 atom stereocenters. The first-order valence-electron chi connectivity index (χ1n) is 6.90. The van der Waals surface area contributed by atoms with Gasteiger partial charge in [0.25, 0.3) is 5.91 Å². The number of hydrogen-bond acceptors (Lipinski definition) is 4. The van der Waals surface area contributed by atoms with Crippen LogP contribution in [0.2, 0.25) is 0 Å². The zero-order valence-corrected chi connectivity index (χ0v) is 12.0. The number of halogens is 3. The van der Waals surface area contributed by atoms with E-state index in [1.165, 1.54) is 23.2 Å². The van der Waals surface area contributed by atoms with Gasteiger partial charge in [-0.25, -0.2) is 4.98 Å². The van der Waals surface area contributed by atoms with Crippen molar-refractivity contribution in [3.8, 4) is 5.75 Å². The van der Waals surface area contributed by atoms with Gasteiger partial charge in [-0.3, -0.25) is 4.79 Å². The van der Waals surface area contributed by atoms with Gasteiger partial charge in [-0.05, 0) is 24.5 Å². The van der Waals surface area contributed by atoms with E-state index in [0.717, 1.165) is 0 Å². The summed E-state index contributed by atoms with van der Waals surface area (Å²) in [4.78, 5) is 17.6. The van der Waals surface area contributed by atoms with Gasteiger partial charge in [0.1, 0.15) is 0 Å². The number of ether oxygens (including phenoxy) is 1. The largest absolute Gasteiger partial charge is 0.482 e. The lowest BCUT2D eigenvalue weighted by Gasteiger charge is -2.34. The van der Waals surface area contributed by atoms with Crippen molar-refractivity contribution < 1.29 is 27.8 Å². The predicted molar refractivity (Wildman–Crippen MR) is 71.5 cm³/mol. The molecule has 2 unspecified atom stereocenters. The van der Waals surface area contributed by atoms with Crippen LogP contribution in [0.5, 0.6) is 5.75 Å². The predicted octanol–water partition coefficient (Wildman–Crippen LogP) is 1.87. The molecule has 1 amide bonds. The van der Waals surface area contributed by atoms with E-state index >= 15 is 0 Å². The molecule has 0 aromatic carbocycles. The van der Waals surface area contributed by atoms with Crippen molar-refractivity contribution in [1.29, 1.82) is 0 Å². The Bertz CT molecular complexity index is 536. The minimum atomic E-state index is -4.49. The fourth-order valence-corrected chi connectivity index (χ4v) is 2.21. The van der Waals surface area contributed by atoms with Gasteiger partial charge in [-0.1, -0.05) is 6.92 Å². The summed E-state index contributed by atoms with van der Waals surface area (Å²) in [6.45, 7) is 0.950. The summed E-state index contributed by atoms with van der Waals surface area (Å²) in [5, 5.41) is 9.83. The molecule has 0 spiro atoms. The number of carbonyl (C=O) groups excluding carboxylic acids is 1. The summed E-state index contributed by atoms with van der Waals surface area (Å²) < 4.78 is 41.4. The lowest BCUT2D eigenvalue weighted by Crippen LogP contribution is -2.46. The average Bonchev–Trinajstić information content (AvgIpc) is 2.47. The zero-order valence-electron chi connectivity index (χ0n) is 12.0. The fourth-order valence-electron chi connectivity index (χ4n) is 2.21. The maximum atomic E-state index is 12.4. The van der Waals surface area contributed by atoms with Gasteiger partial charge in [0.2, 0.25) is 0 Å². The van der Waals surface area contributed by atoms with Crippen LogP contribution in [-0.4, -0.2) is 52.9 Å². The van der Waals surface area contributed by atoms with Crippen LogP contribution in [0.15, 0.2) is 18.3 Å². The van der Waals surface area contributed by atoms with Crippen LogP contribution in [0.4, 0.5) is 13.2 Å². The van der Waals surface area contributed by atoms with Crippen LogP contribution in [0.25, 0.3) is 0 Å². The van der Waals surface area contributed by atoms with E-state index in [1.54, 1.807) is 0 Å². The van der Waals surface area contributed by atoms with Gasteiger partial charge in [0.05, 0.1) is 6.10 Å². The Morgan fingerprint density at radius 1 is 1.55 bits per heavy atom. The number of alkyl halides is 3. The van der Waals surface area contributed by atoms with Gasteiger partial charge < -0.3 is 14.7 Å². The van der Waals surface area contributed by atoms with Gasteiger partial charge in [0, 0.05) is 19.3 Å². The molecule has 0 radical (unpaired) electrons. The van der Waals surface area contributed by atoms with Crippen molar-refractivity contribution in [1.82, 2.24) is 9.88 Å². The molecule has 122 valence electrons. The lowest BCUT2D eigenvalue weighted by molar-refractivity contribution is -0.153. The zero-order chi connectivity index (χ0) is 16.3. The molecular formula is C14H17F3N2O3. The summed E-state index contributed by atoms with van der Waals surface area (Å²) in [5.74, 6) is -0.671. The number of aliphatic hydroxyl groups is 1. The number of hydrogen-bond donors (Lipinski definition) is 1. The molecule has 0 saturated carbocycles. The quantitative estimate of drug-likeness (QED) is 0.924. The normalized spacial score (nSPS) is 22.5. The van der Waals surface area contributed by atoms with Crippen LogP contribution < -0.4 is 4.74 Å². The monoisotopic (exact) mass is 318 g/mol. The first-order valence-corrected chi connectivity index (χ1v) is 6.90. The molecule has 5 nitrogen and oxygen atoms in total. The third-order valence-corrected chi connectivity index (χ3v) is 3.57. The van der Waals surface area contributed by atoms with Crippen LogP contribution in [0, 0.1) is 5.92 Å². The second-order valence-corrected chi connectivity index (χ2v) is 5.34. The standard InChI is InChI=1S/C14H17F3N2O3/c1-9-4-6-19(7-10(9)20)13(21)12-11(3-2-5-18-12)22-8-14(15,16)17/h2-3,5,9-10,20H,4,6-8H2,1H3. The molecule has 1 N–H and O–H groups in total. The Morgan fingerprint density at radius 2 is 2.27 bits per heavy atom.